The predicted octanol–water partition coefficient (Wildman–Crippen LogP) is 4.25. The number of carbonyl (C=O) groups excluding carboxylic acids is 3. The molecule has 0 spiro atoms. The highest BCUT2D eigenvalue weighted by molar-refractivity contribution is 6.01. The number of amides is 3. The molecule has 2 rings (SSSR count). The molecule has 0 saturated carbocycles. The van der Waals surface area contributed by atoms with Crippen molar-refractivity contribution in [3.8, 4) is 0 Å². The Labute approximate surface area is 228 Å². The fraction of sp³-hybridized carbons (Fsp3) is 0.429. The summed E-state index contributed by atoms with van der Waals surface area (Å²) in [6.07, 6.45) is -0.532. The van der Waals surface area contributed by atoms with Gasteiger partial charge < -0.3 is 24.6 Å². The Hall–Kier alpha value is -4.12. The van der Waals surface area contributed by atoms with Crippen molar-refractivity contribution in [2.75, 3.05) is 13.2 Å². The first-order chi connectivity index (χ1) is 18.6. The first-order valence-electron chi connectivity index (χ1n) is 12.7. The molecule has 0 heterocycles. The summed E-state index contributed by atoms with van der Waals surface area (Å²) in [5, 5.41) is 17.1. The van der Waals surface area contributed by atoms with Gasteiger partial charge in [0.05, 0.1) is 12.6 Å². The molecular weight excluding hydrogens is 504 g/mol. The van der Waals surface area contributed by atoms with Gasteiger partial charge in [-0.15, -0.1) is 0 Å². The van der Waals surface area contributed by atoms with E-state index >= 15 is 0 Å². The van der Waals surface area contributed by atoms with E-state index in [9.17, 15) is 19.5 Å². The molecular formula is C28H38N4O7. The molecule has 0 fully saturated rings. The van der Waals surface area contributed by atoms with Gasteiger partial charge in [-0.1, -0.05) is 60.7 Å². The summed E-state index contributed by atoms with van der Waals surface area (Å²) >= 11 is 0. The van der Waals surface area contributed by atoms with Crippen LogP contribution < -0.4 is 16.0 Å². The topological polar surface area (TPSA) is 148 Å². The number of aliphatic hydroxyl groups excluding tert-OH is 1. The molecule has 2 aromatic rings. The molecule has 0 aliphatic heterocycles. The van der Waals surface area contributed by atoms with Crippen molar-refractivity contribution < 1.29 is 33.7 Å². The Balaban J connectivity index is 1.87. The van der Waals surface area contributed by atoms with E-state index in [0.717, 1.165) is 11.1 Å². The van der Waals surface area contributed by atoms with Gasteiger partial charge in [-0.3, -0.25) is 15.6 Å². The number of aliphatic imine (C=N–C) groups is 1. The smallest absolute Gasteiger partial charge is 0.414 e. The molecule has 212 valence electrons. The lowest BCUT2D eigenvalue weighted by Crippen LogP contribution is -2.44. The van der Waals surface area contributed by atoms with Crippen molar-refractivity contribution in [3.05, 3.63) is 71.8 Å². The summed E-state index contributed by atoms with van der Waals surface area (Å²) < 4.78 is 15.6. The van der Waals surface area contributed by atoms with Gasteiger partial charge in [-0.2, -0.15) is 0 Å². The van der Waals surface area contributed by atoms with Gasteiger partial charge in [-0.25, -0.2) is 14.4 Å². The van der Waals surface area contributed by atoms with E-state index in [1.165, 1.54) is 0 Å². The molecule has 0 saturated heterocycles. The Morgan fingerprint density at radius 3 is 1.79 bits per heavy atom. The van der Waals surface area contributed by atoms with E-state index in [4.69, 9.17) is 14.2 Å². The van der Waals surface area contributed by atoms with E-state index in [-0.39, 0.29) is 32.3 Å². The number of guanidine groups is 1. The highest BCUT2D eigenvalue weighted by Gasteiger charge is 2.19. The van der Waals surface area contributed by atoms with Gasteiger partial charge in [0.15, 0.2) is 0 Å². The van der Waals surface area contributed by atoms with Crippen LogP contribution in [0.2, 0.25) is 0 Å². The van der Waals surface area contributed by atoms with Crippen molar-refractivity contribution in [1.82, 2.24) is 16.0 Å². The molecule has 2 aromatic carbocycles. The number of carbonyl (C=O) groups is 3. The van der Waals surface area contributed by atoms with Crippen molar-refractivity contribution in [2.24, 2.45) is 4.99 Å². The largest absolute Gasteiger partial charge is 0.444 e. The predicted molar refractivity (Wildman–Crippen MR) is 146 cm³/mol. The molecule has 11 heteroatoms. The third kappa shape index (κ3) is 14.4. The summed E-state index contributed by atoms with van der Waals surface area (Å²) in [5.41, 5.74) is 0.972. The highest BCUT2D eigenvalue weighted by Crippen LogP contribution is 2.08. The minimum atomic E-state index is -0.789. The number of benzene rings is 2. The highest BCUT2D eigenvalue weighted by atomic mass is 16.6. The number of hydrogen-bond acceptors (Lipinski definition) is 8. The minimum absolute atomic E-state index is 0.0472. The van der Waals surface area contributed by atoms with Crippen molar-refractivity contribution in [1.29, 1.82) is 0 Å². The molecule has 0 radical (unpaired) electrons. The molecule has 3 amide bonds. The van der Waals surface area contributed by atoms with Gasteiger partial charge in [0.1, 0.15) is 18.8 Å². The zero-order chi connectivity index (χ0) is 28.5. The number of rotatable bonds is 11. The molecule has 0 aliphatic rings. The normalized spacial score (nSPS) is 11.5. The summed E-state index contributed by atoms with van der Waals surface area (Å²) in [6, 6.07) is 17.8. The van der Waals surface area contributed by atoms with Gasteiger partial charge in [0.2, 0.25) is 5.96 Å². The van der Waals surface area contributed by atoms with Crippen LogP contribution in [-0.2, 0) is 27.4 Å². The Kier molecular flexibility index (Phi) is 13.3. The molecule has 39 heavy (non-hydrogen) atoms. The lowest BCUT2D eigenvalue weighted by atomic mass is 10.1. The Bertz CT molecular complexity index is 997. The maximum atomic E-state index is 12.3. The zero-order valence-corrected chi connectivity index (χ0v) is 22.6. The third-order valence-electron chi connectivity index (χ3n) is 5.04. The molecule has 1 atom stereocenters. The maximum absolute atomic E-state index is 12.3. The summed E-state index contributed by atoms with van der Waals surface area (Å²) in [4.78, 5) is 40.8. The van der Waals surface area contributed by atoms with Crippen LogP contribution in [0.25, 0.3) is 0 Å². The second-order valence-electron chi connectivity index (χ2n) is 9.63. The minimum Gasteiger partial charge on any atom is -0.444 e. The summed E-state index contributed by atoms with van der Waals surface area (Å²) in [7, 11) is 0. The summed E-state index contributed by atoms with van der Waals surface area (Å²) in [6.45, 7) is 5.37. The van der Waals surface area contributed by atoms with Crippen LogP contribution in [0.5, 0.6) is 0 Å². The van der Waals surface area contributed by atoms with E-state index in [1.807, 2.05) is 60.7 Å². The van der Waals surface area contributed by atoms with Crippen LogP contribution in [0.4, 0.5) is 14.4 Å². The van der Waals surface area contributed by atoms with Crippen LogP contribution in [-0.4, -0.2) is 54.1 Å². The number of nitrogens with zero attached hydrogens (tertiary/aromatic N) is 1. The van der Waals surface area contributed by atoms with Crippen LogP contribution in [0.15, 0.2) is 65.7 Å². The van der Waals surface area contributed by atoms with E-state index in [2.05, 4.69) is 20.9 Å². The van der Waals surface area contributed by atoms with Crippen molar-refractivity contribution in [3.63, 3.8) is 0 Å². The fourth-order valence-corrected chi connectivity index (χ4v) is 3.20. The second-order valence-corrected chi connectivity index (χ2v) is 9.63. The Morgan fingerprint density at radius 2 is 1.33 bits per heavy atom. The van der Waals surface area contributed by atoms with Crippen molar-refractivity contribution >= 4 is 24.2 Å². The fourth-order valence-electron chi connectivity index (χ4n) is 3.20. The molecule has 1 unspecified atom stereocenters. The monoisotopic (exact) mass is 542 g/mol. The lowest BCUT2D eigenvalue weighted by Gasteiger charge is -2.22. The average Bonchev–Trinajstić information content (AvgIpc) is 2.90. The standard InChI is InChI=1S/C28H38N4O7/c1-28(2,3)39-27(36)30-23(18-33)16-10-11-17-29-24(31-25(34)37-19-21-12-6-4-7-13-21)32-26(35)38-20-22-14-8-5-9-15-22/h4-9,12-15,23,33H,10-11,16-20H2,1-3H3,(H,30,36)(H2,29,31,32,34,35). The molecule has 4 N–H and O–H groups in total. The zero-order valence-electron chi connectivity index (χ0n) is 22.6. The third-order valence-corrected chi connectivity index (χ3v) is 5.04. The first kappa shape index (κ1) is 31.1. The number of alkyl carbamates (subject to hydrolysis) is 3. The average molecular weight is 543 g/mol. The van der Waals surface area contributed by atoms with Gasteiger partial charge >= 0.3 is 18.3 Å². The quantitative estimate of drug-likeness (QED) is 0.144. The molecule has 0 aromatic heterocycles. The van der Waals surface area contributed by atoms with E-state index < -0.39 is 29.9 Å². The number of hydrogen-bond donors (Lipinski definition) is 4. The molecule has 0 aliphatic carbocycles. The Morgan fingerprint density at radius 1 is 0.821 bits per heavy atom. The summed E-state index contributed by atoms with van der Waals surface area (Å²) in [5.74, 6) is -0.114. The number of ether oxygens (including phenoxy) is 3. The van der Waals surface area contributed by atoms with Crippen LogP contribution in [0, 0.1) is 0 Å². The van der Waals surface area contributed by atoms with Gasteiger partial charge in [0.25, 0.3) is 0 Å². The number of nitrogens with one attached hydrogen (secondary N) is 3. The van der Waals surface area contributed by atoms with Gasteiger partial charge in [-0.05, 0) is 51.2 Å². The second kappa shape index (κ2) is 16.7. The van der Waals surface area contributed by atoms with E-state index in [0.29, 0.717) is 19.3 Å². The van der Waals surface area contributed by atoms with E-state index in [1.54, 1.807) is 20.8 Å². The number of unbranched alkanes of at least 4 members (excludes halogenated alkanes) is 1. The van der Waals surface area contributed by atoms with Gasteiger partial charge in [0, 0.05) is 6.54 Å². The lowest BCUT2D eigenvalue weighted by molar-refractivity contribution is 0.0478. The van der Waals surface area contributed by atoms with Crippen molar-refractivity contribution in [2.45, 2.75) is 64.9 Å². The van der Waals surface area contributed by atoms with Crippen LogP contribution in [0.3, 0.4) is 0 Å². The maximum Gasteiger partial charge on any atom is 0.414 e. The number of aliphatic hydroxyl groups is 1. The first-order valence-corrected chi connectivity index (χ1v) is 12.7. The van der Waals surface area contributed by atoms with Crippen LogP contribution in [0.1, 0.15) is 51.2 Å². The SMILES string of the molecule is CC(C)(C)OC(=O)NC(CO)CCCCN=C(NC(=O)OCc1ccccc1)NC(=O)OCc1ccccc1. The van der Waals surface area contributed by atoms with Crippen LogP contribution >= 0.6 is 0 Å². The molecule has 11 nitrogen and oxygen atoms in total. The molecule has 0 bridgehead atoms.